The highest BCUT2D eigenvalue weighted by atomic mass is 32.2. The molecule has 1 unspecified atom stereocenters. The molecule has 0 rings (SSSR count). The van der Waals surface area contributed by atoms with Gasteiger partial charge in [0, 0.05) is 18.6 Å². The van der Waals surface area contributed by atoms with Gasteiger partial charge in [0.1, 0.15) is 0 Å². The van der Waals surface area contributed by atoms with Gasteiger partial charge in [-0.05, 0) is 18.8 Å². The van der Waals surface area contributed by atoms with Crippen molar-refractivity contribution < 1.29 is 70.2 Å². The van der Waals surface area contributed by atoms with Crippen LogP contribution in [0.1, 0.15) is 25.7 Å². The molecule has 0 aliphatic rings. The molecule has 0 fully saturated rings. The maximum absolute atomic E-state index is 13.8. The Morgan fingerprint density at radius 2 is 0.897 bits per heavy atom. The Bertz CT molecular complexity index is 493. The fraction of sp³-hybridized carbons (Fsp3) is 1.00. The summed E-state index contributed by atoms with van der Waals surface area (Å²) < 4.78 is 199. The number of hydrogen-bond acceptors (Lipinski definition) is 2. The van der Waals surface area contributed by atoms with E-state index in [1.165, 1.54) is 0 Å². The van der Waals surface area contributed by atoms with Crippen LogP contribution in [0.3, 0.4) is 0 Å². The van der Waals surface area contributed by atoms with Crippen molar-refractivity contribution in [2.45, 2.75) is 61.7 Å². The Morgan fingerprint density at radius 1 is 0.621 bits per heavy atom. The molecule has 0 aromatic rings. The van der Waals surface area contributed by atoms with Crippen LogP contribution in [0.15, 0.2) is 0 Å². The van der Waals surface area contributed by atoms with Gasteiger partial charge in [-0.3, -0.25) is 4.21 Å². The van der Waals surface area contributed by atoms with Crippen LogP contribution >= 0.6 is 0 Å². The fourth-order valence-corrected chi connectivity index (χ4v) is 2.75. The molecule has 1 atom stereocenters. The molecule has 0 heterocycles. The highest BCUT2D eigenvalue weighted by molar-refractivity contribution is 7.79. The standard InChI is InChI=1S/C12H12F14O2S/c13-7(9(15,16)17,10(18,19)20)4-6(2-1-3-29(27)28)5-8(14,11(21,22)23)12(24,25)26/h6H,1-5H2,(H,27,28)/p-1. The maximum atomic E-state index is 13.8. The van der Waals surface area contributed by atoms with Gasteiger partial charge in [-0.15, -0.1) is 0 Å². The average molecular weight is 485 g/mol. The third-order valence-corrected chi connectivity index (χ3v) is 4.48. The molecule has 0 spiro atoms. The van der Waals surface area contributed by atoms with Crippen LogP contribution in [0.25, 0.3) is 0 Å². The number of alkyl halides is 14. The molecule has 17 heteroatoms. The van der Waals surface area contributed by atoms with Crippen molar-refractivity contribution in [3.05, 3.63) is 0 Å². The third-order valence-electron chi connectivity index (χ3n) is 3.86. The largest absolute Gasteiger partial charge is 0.772 e. The molecule has 0 aromatic carbocycles. The smallest absolute Gasteiger partial charge is 0.431 e. The lowest BCUT2D eigenvalue weighted by molar-refractivity contribution is -0.356. The molecule has 0 amide bonds. The molecule has 0 aliphatic carbocycles. The summed E-state index contributed by atoms with van der Waals surface area (Å²) in [6.45, 7) is 0. The Morgan fingerprint density at radius 3 is 1.10 bits per heavy atom. The van der Waals surface area contributed by atoms with Gasteiger partial charge in [-0.2, -0.15) is 52.7 Å². The first-order valence-corrected chi connectivity index (χ1v) is 8.44. The second kappa shape index (κ2) is 8.70. The van der Waals surface area contributed by atoms with Crippen molar-refractivity contribution in [3.63, 3.8) is 0 Å². The van der Waals surface area contributed by atoms with Gasteiger partial charge in [0.25, 0.3) is 11.3 Å². The molecule has 0 aromatic heterocycles. The van der Waals surface area contributed by atoms with Gasteiger partial charge in [0.2, 0.25) is 0 Å². The van der Waals surface area contributed by atoms with Gasteiger partial charge >= 0.3 is 24.7 Å². The quantitative estimate of drug-likeness (QED) is 0.327. The predicted octanol–water partition coefficient (Wildman–Crippen LogP) is 5.71. The molecular weight excluding hydrogens is 474 g/mol. The molecule has 29 heavy (non-hydrogen) atoms. The van der Waals surface area contributed by atoms with E-state index < -0.39 is 84.5 Å². The predicted molar refractivity (Wildman–Crippen MR) is 67.6 cm³/mol. The van der Waals surface area contributed by atoms with E-state index in [1.54, 1.807) is 0 Å². The molecule has 176 valence electrons. The lowest BCUT2D eigenvalue weighted by atomic mass is 9.80. The molecule has 0 radical (unpaired) electrons. The minimum absolute atomic E-state index is 1.04. The number of rotatable bonds is 8. The fourth-order valence-electron chi connectivity index (χ4n) is 2.35. The Labute approximate surface area is 155 Å². The minimum atomic E-state index is -6.81. The van der Waals surface area contributed by atoms with E-state index in [1.807, 2.05) is 0 Å². The Hall–Kier alpha value is -0.870. The highest BCUT2D eigenvalue weighted by Crippen LogP contribution is 2.54. The molecular formula is C12H11F14O2S-. The van der Waals surface area contributed by atoms with Gasteiger partial charge in [0.05, 0.1) is 0 Å². The van der Waals surface area contributed by atoms with Crippen molar-refractivity contribution in [3.8, 4) is 0 Å². The van der Waals surface area contributed by atoms with Gasteiger partial charge < -0.3 is 4.55 Å². The van der Waals surface area contributed by atoms with Crippen molar-refractivity contribution in [2.24, 2.45) is 5.92 Å². The van der Waals surface area contributed by atoms with Crippen molar-refractivity contribution >= 4 is 11.1 Å². The first-order chi connectivity index (χ1) is 12.5. The lowest BCUT2D eigenvalue weighted by Gasteiger charge is -2.37. The van der Waals surface area contributed by atoms with Gasteiger partial charge in [-0.25, -0.2) is 8.78 Å². The summed E-state index contributed by atoms with van der Waals surface area (Å²) in [4.78, 5) is 0. The topological polar surface area (TPSA) is 40.1 Å². The first-order valence-electron chi connectivity index (χ1n) is 7.20. The van der Waals surface area contributed by atoms with Crippen LogP contribution in [-0.4, -0.2) is 50.6 Å². The van der Waals surface area contributed by atoms with Gasteiger partial charge in [0.15, 0.2) is 0 Å². The minimum Gasteiger partial charge on any atom is -0.772 e. The summed E-state index contributed by atoms with van der Waals surface area (Å²) in [5, 5.41) is 0. The average Bonchev–Trinajstić information content (AvgIpc) is 2.41. The summed E-state index contributed by atoms with van der Waals surface area (Å²) in [5.74, 6) is -4.22. The maximum Gasteiger partial charge on any atom is 0.431 e. The van der Waals surface area contributed by atoms with E-state index in [0.717, 1.165) is 0 Å². The molecule has 0 saturated carbocycles. The molecule has 0 aliphatic heterocycles. The van der Waals surface area contributed by atoms with Crippen molar-refractivity contribution in [1.82, 2.24) is 0 Å². The monoisotopic (exact) mass is 485 g/mol. The second-order valence-electron chi connectivity index (χ2n) is 6.02. The zero-order valence-electron chi connectivity index (χ0n) is 13.6. The lowest BCUT2D eigenvalue weighted by Crippen LogP contribution is -2.57. The van der Waals surface area contributed by atoms with Crippen molar-refractivity contribution in [1.29, 1.82) is 0 Å². The Kier molecular flexibility index (Phi) is 8.44. The summed E-state index contributed by atoms with van der Waals surface area (Å²) in [6, 6.07) is 0. The molecule has 0 saturated heterocycles. The SMILES string of the molecule is O=S([O-])CCCC(CC(F)(C(F)(F)F)C(F)(F)F)CC(F)(C(F)(F)F)C(F)(F)F. The van der Waals surface area contributed by atoms with Gasteiger partial charge in [-0.1, -0.05) is 11.1 Å². The summed E-state index contributed by atoms with van der Waals surface area (Å²) in [6.07, 6.45) is -35.8. The van der Waals surface area contributed by atoms with Crippen LogP contribution < -0.4 is 0 Å². The van der Waals surface area contributed by atoms with E-state index in [4.69, 9.17) is 0 Å². The number of hydrogen-bond donors (Lipinski definition) is 0. The van der Waals surface area contributed by atoms with E-state index in [-0.39, 0.29) is 0 Å². The van der Waals surface area contributed by atoms with Crippen molar-refractivity contribution in [2.75, 3.05) is 5.75 Å². The highest BCUT2D eigenvalue weighted by Gasteiger charge is 2.75. The molecule has 0 N–H and O–H groups in total. The van der Waals surface area contributed by atoms with E-state index in [0.29, 0.717) is 0 Å². The van der Waals surface area contributed by atoms with E-state index in [2.05, 4.69) is 0 Å². The van der Waals surface area contributed by atoms with Crippen LogP contribution in [0.5, 0.6) is 0 Å². The summed E-state index contributed by atoms with van der Waals surface area (Å²) >= 11 is -3.02. The molecule has 2 nitrogen and oxygen atoms in total. The summed E-state index contributed by atoms with van der Waals surface area (Å²) in [5.41, 5.74) is -12.5. The van der Waals surface area contributed by atoms with E-state index in [9.17, 15) is 70.2 Å². The third kappa shape index (κ3) is 6.55. The zero-order chi connectivity index (χ0) is 23.7. The Balaban J connectivity index is 6.14. The van der Waals surface area contributed by atoms with Crippen LogP contribution in [0.2, 0.25) is 0 Å². The zero-order valence-corrected chi connectivity index (χ0v) is 14.4. The normalized spacial score (nSPS) is 16.4. The van der Waals surface area contributed by atoms with Crippen LogP contribution in [0.4, 0.5) is 61.5 Å². The first kappa shape index (κ1) is 28.1. The van der Waals surface area contributed by atoms with Crippen LogP contribution in [0, 0.1) is 5.92 Å². The number of halogens is 14. The molecule has 0 bridgehead atoms. The second-order valence-corrected chi connectivity index (χ2v) is 7.03. The van der Waals surface area contributed by atoms with Crippen LogP contribution in [-0.2, 0) is 11.1 Å². The summed E-state index contributed by atoms with van der Waals surface area (Å²) in [7, 11) is 0. The van der Waals surface area contributed by atoms with E-state index >= 15 is 0 Å².